The van der Waals surface area contributed by atoms with E-state index in [0.29, 0.717) is 18.0 Å². The molecular formula is C14H20N2O3. The van der Waals surface area contributed by atoms with Gasteiger partial charge in [0, 0.05) is 31.4 Å². The predicted molar refractivity (Wildman–Crippen MR) is 72.0 cm³/mol. The second-order valence-corrected chi connectivity index (χ2v) is 5.25. The Kier molecular flexibility index (Phi) is 4.37. The molecule has 1 aliphatic carbocycles. The smallest absolute Gasteiger partial charge is 0.251 e. The summed E-state index contributed by atoms with van der Waals surface area (Å²) < 4.78 is 1.43. The van der Waals surface area contributed by atoms with Crippen molar-refractivity contribution in [2.75, 3.05) is 6.54 Å². The molecule has 104 valence electrons. The maximum absolute atomic E-state index is 11.9. The van der Waals surface area contributed by atoms with E-state index in [2.05, 4.69) is 5.32 Å². The first-order valence-electron chi connectivity index (χ1n) is 6.69. The number of carbonyl (C=O) groups excluding carboxylic acids is 1. The molecule has 2 N–H and O–H groups in total. The monoisotopic (exact) mass is 264 g/mol. The van der Waals surface area contributed by atoms with Crippen LogP contribution >= 0.6 is 0 Å². The molecule has 0 spiro atoms. The summed E-state index contributed by atoms with van der Waals surface area (Å²) >= 11 is 0. The topological polar surface area (TPSA) is 71.3 Å². The number of aryl methyl sites for hydroxylation is 1. The lowest BCUT2D eigenvalue weighted by Gasteiger charge is -2.25. The number of aliphatic hydroxyl groups is 1. The van der Waals surface area contributed by atoms with Gasteiger partial charge in [-0.2, -0.15) is 0 Å². The summed E-state index contributed by atoms with van der Waals surface area (Å²) in [5, 5.41) is 12.3. The lowest BCUT2D eigenvalue weighted by atomic mass is 9.87. The van der Waals surface area contributed by atoms with Gasteiger partial charge in [-0.05, 0) is 37.7 Å². The first-order chi connectivity index (χ1) is 9.06. The molecule has 0 saturated heterocycles. The van der Waals surface area contributed by atoms with Gasteiger partial charge < -0.3 is 15.0 Å². The van der Waals surface area contributed by atoms with E-state index in [1.807, 2.05) is 0 Å². The van der Waals surface area contributed by atoms with Crippen molar-refractivity contribution in [3.8, 4) is 0 Å². The van der Waals surface area contributed by atoms with Crippen molar-refractivity contribution in [2.45, 2.75) is 31.8 Å². The maximum atomic E-state index is 11.9. The zero-order valence-electron chi connectivity index (χ0n) is 11.1. The van der Waals surface area contributed by atoms with E-state index in [0.717, 1.165) is 25.7 Å². The van der Waals surface area contributed by atoms with Gasteiger partial charge in [0.25, 0.3) is 11.5 Å². The third-order valence-corrected chi connectivity index (χ3v) is 3.73. The Balaban J connectivity index is 1.87. The number of nitrogens with zero attached hydrogens (tertiary/aromatic N) is 1. The zero-order valence-corrected chi connectivity index (χ0v) is 11.1. The largest absolute Gasteiger partial charge is 0.393 e. The fourth-order valence-corrected chi connectivity index (χ4v) is 2.38. The highest BCUT2D eigenvalue weighted by Gasteiger charge is 2.19. The van der Waals surface area contributed by atoms with Crippen LogP contribution in [0.25, 0.3) is 0 Å². The molecule has 1 aromatic rings. The van der Waals surface area contributed by atoms with E-state index in [1.165, 1.54) is 10.6 Å². The summed E-state index contributed by atoms with van der Waals surface area (Å²) in [6.07, 6.45) is 4.92. The first kappa shape index (κ1) is 13.8. The van der Waals surface area contributed by atoms with E-state index in [9.17, 15) is 14.7 Å². The van der Waals surface area contributed by atoms with Crippen molar-refractivity contribution in [1.29, 1.82) is 0 Å². The van der Waals surface area contributed by atoms with Crippen LogP contribution in [0.3, 0.4) is 0 Å². The fourth-order valence-electron chi connectivity index (χ4n) is 2.38. The number of rotatable bonds is 3. The number of amides is 1. The average Bonchev–Trinajstić information content (AvgIpc) is 2.41. The van der Waals surface area contributed by atoms with Gasteiger partial charge in [0.05, 0.1) is 6.10 Å². The summed E-state index contributed by atoms with van der Waals surface area (Å²) in [4.78, 5) is 23.3. The number of carbonyl (C=O) groups is 1. The summed E-state index contributed by atoms with van der Waals surface area (Å²) in [7, 11) is 1.65. The second kappa shape index (κ2) is 6.02. The quantitative estimate of drug-likeness (QED) is 0.842. The van der Waals surface area contributed by atoms with Gasteiger partial charge in [0.2, 0.25) is 0 Å². The lowest BCUT2D eigenvalue weighted by molar-refractivity contribution is 0.0910. The van der Waals surface area contributed by atoms with Gasteiger partial charge >= 0.3 is 0 Å². The molecule has 0 aliphatic heterocycles. The Morgan fingerprint density at radius 2 is 2.11 bits per heavy atom. The van der Waals surface area contributed by atoms with Gasteiger partial charge in [0.1, 0.15) is 0 Å². The molecule has 1 fully saturated rings. The van der Waals surface area contributed by atoms with Gasteiger partial charge in [-0.1, -0.05) is 0 Å². The molecular weight excluding hydrogens is 244 g/mol. The number of hydrogen-bond acceptors (Lipinski definition) is 3. The second-order valence-electron chi connectivity index (χ2n) is 5.25. The van der Waals surface area contributed by atoms with E-state index >= 15 is 0 Å². The van der Waals surface area contributed by atoms with Crippen LogP contribution in [-0.2, 0) is 7.05 Å². The Bertz CT molecular complexity index is 502. The summed E-state index contributed by atoms with van der Waals surface area (Å²) in [6.45, 7) is 0.612. The first-order valence-corrected chi connectivity index (χ1v) is 6.69. The molecule has 0 aromatic carbocycles. The third kappa shape index (κ3) is 3.67. The Morgan fingerprint density at radius 1 is 1.42 bits per heavy atom. The lowest BCUT2D eigenvalue weighted by Crippen LogP contribution is -2.32. The zero-order chi connectivity index (χ0) is 13.8. The number of aromatic nitrogens is 1. The molecule has 0 atom stereocenters. The molecule has 1 heterocycles. The maximum Gasteiger partial charge on any atom is 0.251 e. The van der Waals surface area contributed by atoms with Crippen LogP contribution in [-0.4, -0.2) is 28.2 Å². The van der Waals surface area contributed by atoms with E-state index < -0.39 is 0 Å². The highest BCUT2D eigenvalue weighted by molar-refractivity contribution is 5.93. The van der Waals surface area contributed by atoms with Crippen molar-refractivity contribution in [1.82, 2.24) is 9.88 Å². The number of aliphatic hydroxyl groups excluding tert-OH is 1. The van der Waals surface area contributed by atoms with E-state index in [-0.39, 0.29) is 17.6 Å². The standard InChI is InChI=1S/C14H20N2O3/c1-16-7-6-11(8-13(16)18)14(19)15-9-10-2-4-12(17)5-3-10/h6-8,10,12,17H,2-5,9H2,1H3,(H,15,19). The molecule has 0 radical (unpaired) electrons. The van der Waals surface area contributed by atoms with Crippen molar-refractivity contribution in [3.63, 3.8) is 0 Å². The van der Waals surface area contributed by atoms with Crippen LogP contribution in [0.4, 0.5) is 0 Å². The summed E-state index contributed by atoms with van der Waals surface area (Å²) in [6, 6.07) is 2.99. The average molecular weight is 264 g/mol. The third-order valence-electron chi connectivity index (χ3n) is 3.73. The fraction of sp³-hybridized carbons (Fsp3) is 0.571. The van der Waals surface area contributed by atoms with Gasteiger partial charge in [-0.3, -0.25) is 9.59 Å². The molecule has 5 heteroatoms. The Morgan fingerprint density at radius 3 is 2.74 bits per heavy atom. The molecule has 19 heavy (non-hydrogen) atoms. The Hall–Kier alpha value is -1.62. The Labute approximate surface area is 112 Å². The minimum atomic E-state index is -0.205. The number of nitrogens with one attached hydrogen (secondary N) is 1. The normalized spacial score (nSPS) is 23.1. The summed E-state index contributed by atoms with van der Waals surface area (Å²) in [5.41, 5.74) is 0.215. The van der Waals surface area contributed by atoms with Crippen LogP contribution in [0.2, 0.25) is 0 Å². The van der Waals surface area contributed by atoms with Crippen LogP contribution in [0.15, 0.2) is 23.1 Å². The van der Waals surface area contributed by atoms with Crippen molar-refractivity contribution in [2.24, 2.45) is 13.0 Å². The molecule has 1 aliphatic rings. The number of hydrogen-bond donors (Lipinski definition) is 2. The van der Waals surface area contributed by atoms with Crippen LogP contribution in [0.1, 0.15) is 36.0 Å². The minimum Gasteiger partial charge on any atom is -0.393 e. The van der Waals surface area contributed by atoms with Gasteiger partial charge in [-0.15, -0.1) is 0 Å². The van der Waals surface area contributed by atoms with Gasteiger partial charge in [0.15, 0.2) is 0 Å². The molecule has 1 aromatic heterocycles. The van der Waals surface area contributed by atoms with Crippen LogP contribution in [0.5, 0.6) is 0 Å². The van der Waals surface area contributed by atoms with Crippen molar-refractivity contribution in [3.05, 3.63) is 34.2 Å². The van der Waals surface area contributed by atoms with Crippen molar-refractivity contribution < 1.29 is 9.90 Å². The predicted octanol–water partition coefficient (Wildman–Crippen LogP) is 0.666. The van der Waals surface area contributed by atoms with E-state index in [4.69, 9.17) is 0 Å². The highest BCUT2D eigenvalue weighted by atomic mass is 16.3. The molecule has 0 unspecified atom stereocenters. The van der Waals surface area contributed by atoms with Crippen molar-refractivity contribution >= 4 is 5.91 Å². The molecule has 0 bridgehead atoms. The molecule has 1 amide bonds. The van der Waals surface area contributed by atoms with Gasteiger partial charge in [-0.25, -0.2) is 0 Å². The van der Waals surface area contributed by atoms with Crippen LogP contribution in [0, 0.1) is 5.92 Å². The molecule has 2 rings (SSSR count). The minimum absolute atomic E-state index is 0.177. The number of pyridine rings is 1. The molecule has 5 nitrogen and oxygen atoms in total. The molecule has 1 saturated carbocycles. The highest BCUT2D eigenvalue weighted by Crippen LogP contribution is 2.23. The van der Waals surface area contributed by atoms with E-state index in [1.54, 1.807) is 19.3 Å². The SMILES string of the molecule is Cn1ccc(C(=O)NCC2CCC(O)CC2)cc1=O. The van der Waals surface area contributed by atoms with Crippen LogP contribution < -0.4 is 10.9 Å². The summed E-state index contributed by atoms with van der Waals surface area (Å²) in [5.74, 6) is 0.225.